The topological polar surface area (TPSA) is 47.9 Å². The van der Waals surface area contributed by atoms with Gasteiger partial charge in [0.2, 0.25) is 0 Å². The minimum absolute atomic E-state index is 0.333. The van der Waals surface area contributed by atoms with Gasteiger partial charge in [-0.1, -0.05) is 6.07 Å². The first-order valence-corrected chi connectivity index (χ1v) is 5.66. The van der Waals surface area contributed by atoms with Gasteiger partial charge in [0.25, 0.3) is 0 Å². The number of ether oxygens (including phenoxy) is 2. The Morgan fingerprint density at radius 2 is 1.94 bits per heavy atom. The molecule has 0 N–H and O–H groups in total. The number of esters is 1. The number of methoxy groups -OCH3 is 1. The molecular weight excluding hydrogens is 230 g/mol. The normalized spacial score (nSPS) is 16.8. The number of aliphatic imine (C=N–C) groups is 1. The van der Waals surface area contributed by atoms with Gasteiger partial charge in [-0.3, -0.25) is 0 Å². The minimum Gasteiger partial charge on any atom is -0.496 e. The average Bonchev–Trinajstić information content (AvgIpc) is 2.64. The Bertz CT molecular complexity index is 571. The van der Waals surface area contributed by atoms with E-state index in [-0.39, 0.29) is 0 Å². The molecular formula is C14H15NO3. The highest BCUT2D eigenvalue weighted by molar-refractivity contribution is 6.06. The van der Waals surface area contributed by atoms with Gasteiger partial charge in [-0.2, -0.15) is 0 Å². The van der Waals surface area contributed by atoms with Crippen LogP contribution in [0.25, 0.3) is 6.08 Å². The molecule has 0 atom stereocenters. The van der Waals surface area contributed by atoms with Crippen LogP contribution in [0.4, 0.5) is 0 Å². The number of carbonyl (C=O) groups excluding carboxylic acids is 1. The van der Waals surface area contributed by atoms with Crippen molar-refractivity contribution in [1.29, 1.82) is 0 Å². The van der Waals surface area contributed by atoms with Gasteiger partial charge in [-0.05, 0) is 42.7 Å². The van der Waals surface area contributed by atoms with E-state index in [4.69, 9.17) is 9.47 Å². The van der Waals surface area contributed by atoms with Gasteiger partial charge in [0.15, 0.2) is 11.6 Å². The molecule has 0 fully saturated rings. The molecule has 0 radical (unpaired) electrons. The summed E-state index contributed by atoms with van der Waals surface area (Å²) in [6, 6.07) is 3.79. The smallest absolute Gasteiger partial charge is 0.363 e. The van der Waals surface area contributed by atoms with E-state index in [1.807, 2.05) is 26.0 Å². The molecule has 1 aromatic rings. The standard InChI is InChI=1S/C14H15NO3/c1-8-9(2)13(17-4)6-5-11(8)7-12-14(16)18-10(3)15-12/h5-7H,1-4H3/b12-7-. The van der Waals surface area contributed by atoms with Crippen LogP contribution in [-0.4, -0.2) is 19.0 Å². The molecule has 0 unspecified atom stereocenters. The second-order valence-electron chi connectivity index (χ2n) is 4.16. The van der Waals surface area contributed by atoms with E-state index in [0.717, 1.165) is 22.4 Å². The molecule has 1 aliphatic rings. The van der Waals surface area contributed by atoms with E-state index in [0.29, 0.717) is 11.6 Å². The molecule has 4 heteroatoms. The molecule has 18 heavy (non-hydrogen) atoms. The maximum absolute atomic E-state index is 11.5. The Labute approximate surface area is 106 Å². The van der Waals surface area contributed by atoms with E-state index < -0.39 is 5.97 Å². The average molecular weight is 245 g/mol. The lowest BCUT2D eigenvalue weighted by Gasteiger charge is -2.10. The zero-order chi connectivity index (χ0) is 13.3. The highest BCUT2D eigenvalue weighted by Gasteiger charge is 2.20. The van der Waals surface area contributed by atoms with Crippen molar-refractivity contribution >= 4 is 17.9 Å². The van der Waals surface area contributed by atoms with E-state index >= 15 is 0 Å². The number of rotatable bonds is 2. The zero-order valence-corrected chi connectivity index (χ0v) is 10.9. The predicted molar refractivity (Wildman–Crippen MR) is 69.6 cm³/mol. The fourth-order valence-electron chi connectivity index (χ4n) is 1.86. The Hall–Kier alpha value is -2.10. The number of nitrogens with zero attached hydrogens (tertiary/aromatic N) is 1. The van der Waals surface area contributed by atoms with Gasteiger partial charge in [0.1, 0.15) is 5.75 Å². The Morgan fingerprint density at radius 3 is 2.50 bits per heavy atom. The van der Waals surface area contributed by atoms with Crippen LogP contribution in [0.2, 0.25) is 0 Å². The van der Waals surface area contributed by atoms with E-state index in [2.05, 4.69) is 4.99 Å². The lowest BCUT2D eigenvalue weighted by molar-refractivity contribution is -0.130. The third kappa shape index (κ3) is 2.14. The summed E-state index contributed by atoms with van der Waals surface area (Å²) in [6.45, 7) is 5.63. The second kappa shape index (κ2) is 4.64. The molecule has 1 aromatic carbocycles. The summed E-state index contributed by atoms with van der Waals surface area (Å²) in [5, 5.41) is 0. The molecule has 0 saturated carbocycles. The highest BCUT2D eigenvalue weighted by Crippen LogP contribution is 2.26. The van der Waals surface area contributed by atoms with Gasteiger partial charge in [0, 0.05) is 6.92 Å². The van der Waals surface area contributed by atoms with Crippen molar-refractivity contribution in [2.24, 2.45) is 4.99 Å². The summed E-state index contributed by atoms with van der Waals surface area (Å²) in [4.78, 5) is 15.5. The van der Waals surface area contributed by atoms with Gasteiger partial charge in [0.05, 0.1) is 7.11 Å². The van der Waals surface area contributed by atoms with Crippen molar-refractivity contribution in [1.82, 2.24) is 0 Å². The van der Waals surface area contributed by atoms with Crippen LogP contribution in [0.15, 0.2) is 22.8 Å². The number of cyclic esters (lactones) is 1. The molecule has 0 bridgehead atoms. The minimum atomic E-state index is -0.402. The van der Waals surface area contributed by atoms with Gasteiger partial charge in [-0.25, -0.2) is 9.79 Å². The maximum Gasteiger partial charge on any atom is 0.363 e. The molecule has 0 aliphatic carbocycles. The molecule has 1 heterocycles. The van der Waals surface area contributed by atoms with Gasteiger partial charge < -0.3 is 9.47 Å². The van der Waals surface area contributed by atoms with Crippen molar-refractivity contribution in [3.8, 4) is 5.75 Å². The summed E-state index contributed by atoms with van der Waals surface area (Å²) in [5.74, 6) is 0.817. The lowest BCUT2D eigenvalue weighted by atomic mass is 10.0. The Kier molecular flexibility index (Phi) is 3.19. The van der Waals surface area contributed by atoms with E-state index in [1.165, 1.54) is 0 Å². The van der Waals surface area contributed by atoms with Crippen LogP contribution in [0.1, 0.15) is 23.6 Å². The van der Waals surface area contributed by atoms with E-state index in [9.17, 15) is 4.79 Å². The van der Waals surface area contributed by atoms with Crippen LogP contribution in [0, 0.1) is 13.8 Å². The van der Waals surface area contributed by atoms with Crippen molar-refractivity contribution in [2.45, 2.75) is 20.8 Å². The first-order valence-electron chi connectivity index (χ1n) is 5.66. The number of hydrogen-bond donors (Lipinski definition) is 0. The van der Waals surface area contributed by atoms with Crippen LogP contribution >= 0.6 is 0 Å². The van der Waals surface area contributed by atoms with Crippen molar-refractivity contribution in [3.63, 3.8) is 0 Å². The molecule has 0 amide bonds. The Morgan fingerprint density at radius 1 is 1.22 bits per heavy atom. The van der Waals surface area contributed by atoms with Crippen LogP contribution < -0.4 is 4.74 Å². The van der Waals surface area contributed by atoms with Crippen molar-refractivity contribution < 1.29 is 14.3 Å². The first-order chi connectivity index (χ1) is 8.52. The van der Waals surface area contributed by atoms with Crippen LogP contribution in [-0.2, 0) is 9.53 Å². The zero-order valence-electron chi connectivity index (χ0n) is 10.9. The Balaban J connectivity index is 2.45. The highest BCUT2D eigenvalue weighted by atomic mass is 16.6. The van der Waals surface area contributed by atoms with Crippen molar-refractivity contribution in [2.75, 3.05) is 7.11 Å². The summed E-state index contributed by atoms with van der Waals surface area (Å²) in [7, 11) is 1.64. The van der Waals surface area contributed by atoms with Gasteiger partial charge >= 0.3 is 5.97 Å². The summed E-state index contributed by atoms with van der Waals surface area (Å²) >= 11 is 0. The van der Waals surface area contributed by atoms with Crippen LogP contribution in [0.3, 0.4) is 0 Å². The molecule has 0 saturated heterocycles. The molecule has 0 spiro atoms. The fraction of sp³-hybridized carbons (Fsp3) is 0.286. The molecule has 4 nitrogen and oxygen atoms in total. The third-order valence-electron chi connectivity index (χ3n) is 3.02. The predicted octanol–water partition coefficient (Wildman–Crippen LogP) is 2.63. The van der Waals surface area contributed by atoms with Crippen molar-refractivity contribution in [3.05, 3.63) is 34.5 Å². The maximum atomic E-state index is 11.5. The summed E-state index contributed by atoms with van der Waals surface area (Å²) in [6.07, 6.45) is 1.74. The number of carbonyl (C=O) groups is 1. The molecule has 0 aromatic heterocycles. The molecule has 1 aliphatic heterocycles. The number of hydrogen-bond acceptors (Lipinski definition) is 4. The summed E-state index contributed by atoms with van der Waals surface area (Å²) in [5.41, 5.74) is 3.40. The monoisotopic (exact) mass is 245 g/mol. The first kappa shape index (κ1) is 12.4. The number of benzene rings is 1. The van der Waals surface area contributed by atoms with Crippen LogP contribution in [0.5, 0.6) is 5.75 Å². The van der Waals surface area contributed by atoms with Gasteiger partial charge in [-0.15, -0.1) is 0 Å². The SMILES string of the molecule is COc1ccc(/C=C2\N=C(C)OC2=O)c(C)c1C. The third-order valence-corrected chi connectivity index (χ3v) is 3.02. The molecule has 2 rings (SSSR count). The fourth-order valence-corrected chi connectivity index (χ4v) is 1.86. The quantitative estimate of drug-likeness (QED) is 0.594. The second-order valence-corrected chi connectivity index (χ2v) is 4.16. The van der Waals surface area contributed by atoms with E-state index in [1.54, 1.807) is 20.1 Å². The molecule has 94 valence electrons. The largest absolute Gasteiger partial charge is 0.496 e. The summed E-state index contributed by atoms with van der Waals surface area (Å²) < 4.78 is 10.1. The lowest BCUT2D eigenvalue weighted by Crippen LogP contribution is -2.00.